The zero-order valence-electron chi connectivity index (χ0n) is 27.8. The quantitative estimate of drug-likeness (QED) is 0.0843. The molecule has 1 aromatic carbocycles. The van der Waals surface area contributed by atoms with Gasteiger partial charge in [-0.25, -0.2) is 4.39 Å². The van der Waals surface area contributed by atoms with Crippen LogP contribution in [0.25, 0.3) is 0 Å². The molecule has 3 rings (SSSR count). The Morgan fingerprint density at radius 1 is 1.09 bits per heavy atom. The Kier molecular flexibility index (Phi) is 15.4. The first-order valence-electron chi connectivity index (χ1n) is 16.7. The first kappa shape index (κ1) is 35.7. The SMILES string of the molecule is C=C(CCCCC(=O)C1=CCC(OC)C=C1)CC(C)(Cc1ccc(OCCCCC(/C=C\C)=C(/C)F)cc1)CN1CCCC1. The van der Waals surface area contributed by atoms with Gasteiger partial charge >= 0.3 is 0 Å². The van der Waals surface area contributed by atoms with E-state index in [1.807, 2.05) is 37.3 Å². The van der Waals surface area contributed by atoms with Crippen LogP contribution in [-0.2, 0) is 16.0 Å². The molecule has 1 aliphatic carbocycles. The summed E-state index contributed by atoms with van der Waals surface area (Å²) in [7, 11) is 1.70. The lowest BCUT2D eigenvalue weighted by Gasteiger charge is -2.35. The van der Waals surface area contributed by atoms with E-state index >= 15 is 0 Å². The van der Waals surface area contributed by atoms with Gasteiger partial charge in [-0.1, -0.05) is 61.6 Å². The first-order chi connectivity index (χ1) is 21.2. The number of allylic oxidation sites excluding steroid dienone is 7. The maximum atomic E-state index is 13.6. The molecule has 44 heavy (non-hydrogen) atoms. The van der Waals surface area contributed by atoms with E-state index < -0.39 is 0 Å². The van der Waals surface area contributed by atoms with E-state index in [1.54, 1.807) is 7.11 Å². The highest BCUT2D eigenvalue weighted by Gasteiger charge is 2.29. The van der Waals surface area contributed by atoms with Crippen molar-refractivity contribution in [3.05, 3.63) is 89.3 Å². The topological polar surface area (TPSA) is 38.8 Å². The smallest absolute Gasteiger partial charge is 0.162 e. The Morgan fingerprint density at radius 2 is 1.80 bits per heavy atom. The second kappa shape index (κ2) is 18.9. The van der Waals surface area contributed by atoms with Gasteiger partial charge in [0, 0.05) is 25.6 Å². The second-order valence-corrected chi connectivity index (χ2v) is 13.1. The number of methoxy groups -OCH3 is 1. The van der Waals surface area contributed by atoms with Gasteiger partial charge in [-0.05, 0) is 126 Å². The van der Waals surface area contributed by atoms with Crippen molar-refractivity contribution in [1.29, 1.82) is 0 Å². The number of halogens is 1. The van der Waals surface area contributed by atoms with E-state index in [0.29, 0.717) is 13.0 Å². The molecule has 0 bridgehead atoms. The lowest BCUT2D eigenvalue weighted by Crippen LogP contribution is -2.36. The van der Waals surface area contributed by atoms with Gasteiger partial charge in [0.2, 0.25) is 0 Å². The standard InChI is InChI=1S/C39H56FNO3/c1-6-13-34(32(3)40)15-9-12-27-44-37-21-17-33(18-22-37)29-39(4,30-41-25-10-11-26-41)28-31(2)14-7-8-16-38(42)35-19-23-36(43-5)24-20-35/h6,13,17-23,36H,2,7-12,14-16,24-30H2,1,3-5H3/b13-6-,34-32-. The second-order valence-electron chi connectivity index (χ2n) is 13.1. The van der Waals surface area contributed by atoms with Gasteiger partial charge < -0.3 is 14.4 Å². The van der Waals surface area contributed by atoms with Crippen molar-refractivity contribution in [1.82, 2.24) is 4.90 Å². The number of ketones is 1. The number of ether oxygens (including phenoxy) is 2. The Hall–Kier alpha value is -2.76. The third-order valence-electron chi connectivity index (χ3n) is 8.82. The van der Waals surface area contributed by atoms with Crippen LogP contribution >= 0.6 is 0 Å². The summed E-state index contributed by atoms with van der Waals surface area (Å²) in [5.41, 5.74) is 4.31. The predicted molar refractivity (Wildman–Crippen MR) is 182 cm³/mol. The average Bonchev–Trinajstić information content (AvgIpc) is 3.51. The van der Waals surface area contributed by atoms with E-state index in [1.165, 1.54) is 44.0 Å². The summed E-state index contributed by atoms with van der Waals surface area (Å²) in [5.74, 6) is 1.02. The molecule has 2 unspecified atom stereocenters. The molecule has 1 heterocycles. The summed E-state index contributed by atoms with van der Waals surface area (Å²) in [4.78, 5) is 15.2. The lowest BCUT2D eigenvalue weighted by molar-refractivity contribution is -0.115. The molecule has 1 fully saturated rings. The third-order valence-corrected chi connectivity index (χ3v) is 8.82. The highest BCUT2D eigenvalue weighted by molar-refractivity contribution is 5.98. The van der Waals surface area contributed by atoms with Crippen molar-refractivity contribution in [3.8, 4) is 5.75 Å². The molecular weight excluding hydrogens is 549 g/mol. The van der Waals surface area contributed by atoms with E-state index in [9.17, 15) is 9.18 Å². The van der Waals surface area contributed by atoms with Crippen molar-refractivity contribution in [2.45, 2.75) is 104 Å². The Bertz CT molecular complexity index is 1170. The van der Waals surface area contributed by atoms with Crippen molar-refractivity contribution in [2.24, 2.45) is 5.41 Å². The van der Waals surface area contributed by atoms with Crippen LogP contribution in [0.2, 0.25) is 0 Å². The van der Waals surface area contributed by atoms with Crippen molar-refractivity contribution < 1.29 is 18.7 Å². The number of hydrogen-bond donors (Lipinski definition) is 0. The van der Waals surface area contributed by atoms with E-state index in [2.05, 4.69) is 42.7 Å². The van der Waals surface area contributed by atoms with Crippen LogP contribution in [0.3, 0.4) is 0 Å². The van der Waals surface area contributed by atoms with Crippen LogP contribution in [-0.4, -0.2) is 50.1 Å². The Labute approximate surface area is 266 Å². The molecule has 2 atom stereocenters. The van der Waals surface area contributed by atoms with Crippen LogP contribution in [0.1, 0.15) is 97.0 Å². The number of Topliss-reactive ketones (excluding diaryl/α,β-unsaturated/α-hetero) is 1. The molecule has 0 radical (unpaired) electrons. The van der Waals surface area contributed by atoms with Gasteiger partial charge in [0.25, 0.3) is 0 Å². The number of nitrogens with zero attached hydrogens (tertiary/aromatic N) is 1. The number of hydrogen-bond acceptors (Lipinski definition) is 4. The summed E-state index contributed by atoms with van der Waals surface area (Å²) in [5, 5.41) is 0. The minimum absolute atomic E-state index is 0.0884. The number of likely N-dealkylation sites (tertiary alicyclic amines) is 1. The normalized spacial score (nSPS) is 19.1. The van der Waals surface area contributed by atoms with Crippen molar-refractivity contribution in [2.75, 3.05) is 33.4 Å². The summed E-state index contributed by atoms with van der Waals surface area (Å²) >= 11 is 0. The molecule has 5 heteroatoms. The minimum Gasteiger partial charge on any atom is -0.494 e. The van der Waals surface area contributed by atoms with E-state index in [0.717, 1.165) is 81.2 Å². The average molecular weight is 606 g/mol. The van der Waals surface area contributed by atoms with Crippen molar-refractivity contribution in [3.63, 3.8) is 0 Å². The Balaban J connectivity index is 1.45. The number of carbonyl (C=O) groups excluding carboxylic acids is 1. The number of benzene rings is 1. The molecule has 0 N–H and O–H groups in total. The van der Waals surface area contributed by atoms with Crippen LogP contribution in [0, 0.1) is 5.41 Å². The number of carbonyl (C=O) groups is 1. The molecule has 1 aliphatic heterocycles. The highest BCUT2D eigenvalue weighted by atomic mass is 19.1. The monoisotopic (exact) mass is 605 g/mol. The number of rotatable bonds is 20. The molecule has 1 aromatic rings. The zero-order chi connectivity index (χ0) is 31.8. The van der Waals surface area contributed by atoms with Gasteiger partial charge in [-0.3, -0.25) is 4.79 Å². The van der Waals surface area contributed by atoms with E-state index in [4.69, 9.17) is 9.47 Å². The largest absolute Gasteiger partial charge is 0.494 e. The first-order valence-corrected chi connectivity index (χ1v) is 16.7. The molecule has 4 nitrogen and oxygen atoms in total. The summed E-state index contributed by atoms with van der Waals surface area (Å²) < 4.78 is 24.9. The van der Waals surface area contributed by atoms with Crippen LogP contribution in [0.4, 0.5) is 4.39 Å². The summed E-state index contributed by atoms with van der Waals surface area (Å²) in [6.07, 6.45) is 21.0. The summed E-state index contributed by atoms with van der Waals surface area (Å²) in [6, 6.07) is 8.57. The molecule has 1 saturated heterocycles. The van der Waals surface area contributed by atoms with Crippen LogP contribution in [0.5, 0.6) is 5.75 Å². The van der Waals surface area contributed by atoms with E-state index in [-0.39, 0.29) is 23.1 Å². The number of unbranched alkanes of at least 4 members (excludes halogenated alkanes) is 2. The predicted octanol–water partition coefficient (Wildman–Crippen LogP) is 9.68. The van der Waals surface area contributed by atoms with Gasteiger partial charge in [0.15, 0.2) is 5.78 Å². The third kappa shape index (κ3) is 12.7. The molecule has 2 aliphatic rings. The van der Waals surface area contributed by atoms with Crippen LogP contribution in [0.15, 0.2) is 83.8 Å². The lowest BCUT2D eigenvalue weighted by atomic mass is 9.77. The maximum Gasteiger partial charge on any atom is 0.162 e. The molecule has 0 amide bonds. The van der Waals surface area contributed by atoms with Crippen LogP contribution < -0.4 is 4.74 Å². The molecule has 0 spiro atoms. The molecule has 242 valence electrons. The van der Waals surface area contributed by atoms with Gasteiger partial charge in [0.05, 0.1) is 18.5 Å². The highest BCUT2D eigenvalue weighted by Crippen LogP contribution is 2.34. The van der Waals surface area contributed by atoms with Gasteiger partial charge in [0.1, 0.15) is 5.75 Å². The molecule has 0 aromatic heterocycles. The maximum absolute atomic E-state index is 13.6. The zero-order valence-corrected chi connectivity index (χ0v) is 27.8. The fraction of sp³-hybridized carbons (Fsp3) is 0.564. The fourth-order valence-electron chi connectivity index (χ4n) is 6.51. The van der Waals surface area contributed by atoms with Crippen molar-refractivity contribution >= 4 is 5.78 Å². The molecule has 0 saturated carbocycles. The fourth-order valence-corrected chi connectivity index (χ4v) is 6.51. The van der Waals surface area contributed by atoms with Gasteiger partial charge in [-0.2, -0.15) is 0 Å². The molecular formula is C39H56FNO3. The summed E-state index contributed by atoms with van der Waals surface area (Å²) in [6.45, 7) is 14.4. The minimum atomic E-state index is -0.0983. The Morgan fingerprint density at radius 3 is 2.43 bits per heavy atom. The van der Waals surface area contributed by atoms with Gasteiger partial charge in [-0.15, -0.1) is 0 Å².